The highest BCUT2D eigenvalue weighted by Crippen LogP contribution is 2.50. The van der Waals surface area contributed by atoms with Gasteiger partial charge in [-0.1, -0.05) is 18.2 Å². The molecule has 2 atom stereocenters. The Morgan fingerprint density at radius 3 is 2.56 bits per heavy atom. The van der Waals surface area contributed by atoms with Crippen molar-refractivity contribution in [1.82, 2.24) is 15.0 Å². The highest BCUT2D eigenvalue weighted by molar-refractivity contribution is 6.08. The number of ether oxygens (including phenoxy) is 1. The van der Waals surface area contributed by atoms with Crippen molar-refractivity contribution in [2.75, 3.05) is 0 Å². The van der Waals surface area contributed by atoms with Gasteiger partial charge in [0.1, 0.15) is 5.75 Å². The number of nitrogens with zero attached hydrogens (tertiary/aromatic N) is 2. The van der Waals surface area contributed by atoms with Gasteiger partial charge >= 0.3 is 6.18 Å². The Kier molecular flexibility index (Phi) is 5.36. The topological polar surface area (TPSA) is 88.1 Å². The van der Waals surface area contributed by atoms with Crippen LogP contribution in [0, 0.1) is 0 Å². The Morgan fingerprint density at radius 1 is 1.09 bits per heavy atom. The van der Waals surface area contributed by atoms with Crippen LogP contribution in [0.3, 0.4) is 0 Å². The summed E-state index contributed by atoms with van der Waals surface area (Å²) < 4.78 is 45.6. The lowest BCUT2D eigenvalue weighted by Crippen LogP contribution is -2.42. The first-order valence-corrected chi connectivity index (χ1v) is 10.7. The third kappa shape index (κ3) is 4.03. The summed E-state index contributed by atoms with van der Waals surface area (Å²) in [5.41, 5.74) is -0.344. The molecule has 0 bridgehead atoms. The molecule has 2 aromatic heterocycles. The van der Waals surface area contributed by atoms with E-state index < -0.39 is 24.1 Å². The van der Waals surface area contributed by atoms with Crippen LogP contribution in [0.2, 0.25) is 0 Å². The first kappa shape index (κ1) is 22.1. The molecule has 1 saturated carbocycles. The van der Waals surface area contributed by atoms with Gasteiger partial charge in [0.25, 0.3) is 0 Å². The summed E-state index contributed by atoms with van der Waals surface area (Å²) >= 11 is 0. The third-order valence-electron chi connectivity index (χ3n) is 6.19. The molecule has 2 aromatic carbocycles. The van der Waals surface area contributed by atoms with Crippen molar-refractivity contribution in [2.45, 2.75) is 37.0 Å². The van der Waals surface area contributed by atoms with E-state index in [9.17, 15) is 23.1 Å². The lowest BCUT2D eigenvalue weighted by molar-refractivity contribution is -0.257. The number of ketones is 1. The SMILES string of the molecule is O=C(c1ccc(Oc2ncccc2[C@@H]2CC[C@](O)(C(F)(F)F)C2)cc1)c1nc2ccccc2[nH]1. The van der Waals surface area contributed by atoms with Crippen LogP contribution in [0.15, 0.2) is 66.9 Å². The van der Waals surface area contributed by atoms with E-state index in [1.165, 1.54) is 6.20 Å². The van der Waals surface area contributed by atoms with Crippen LogP contribution < -0.4 is 4.74 Å². The zero-order valence-electron chi connectivity index (χ0n) is 17.8. The number of nitrogens with one attached hydrogen (secondary N) is 1. The average Bonchev–Trinajstić information content (AvgIpc) is 3.44. The van der Waals surface area contributed by atoms with E-state index >= 15 is 0 Å². The molecule has 0 saturated heterocycles. The molecule has 0 aliphatic heterocycles. The smallest absolute Gasteiger partial charge is 0.417 e. The van der Waals surface area contributed by atoms with Gasteiger partial charge in [-0.25, -0.2) is 9.97 Å². The molecule has 34 heavy (non-hydrogen) atoms. The van der Waals surface area contributed by atoms with Crippen LogP contribution in [-0.4, -0.2) is 37.6 Å². The molecule has 1 fully saturated rings. The zero-order valence-corrected chi connectivity index (χ0v) is 17.8. The molecule has 174 valence electrons. The van der Waals surface area contributed by atoms with Gasteiger partial charge in [-0.05, 0) is 67.6 Å². The molecule has 0 radical (unpaired) electrons. The van der Waals surface area contributed by atoms with Gasteiger partial charge in [-0.3, -0.25) is 4.79 Å². The molecule has 0 spiro atoms. The molecule has 0 amide bonds. The summed E-state index contributed by atoms with van der Waals surface area (Å²) in [5.74, 6) is -0.0383. The quantitative estimate of drug-likeness (QED) is 0.376. The minimum absolute atomic E-state index is 0.170. The fourth-order valence-electron chi connectivity index (χ4n) is 4.33. The van der Waals surface area contributed by atoms with Crippen molar-refractivity contribution in [2.24, 2.45) is 0 Å². The number of para-hydroxylation sites is 2. The number of hydrogen-bond donors (Lipinski definition) is 2. The van der Waals surface area contributed by atoms with E-state index in [1.54, 1.807) is 36.4 Å². The van der Waals surface area contributed by atoms with E-state index in [0.717, 1.165) is 5.52 Å². The summed E-state index contributed by atoms with van der Waals surface area (Å²) in [6.45, 7) is 0. The van der Waals surface area contributed by atoms with Crippen LogP contribution in [0.1, 0.15) is 46.9 Å². The van der Waals surface area contributed by atoms with Gasteiger partial charge in [0.05, 0.1) is 11.0 Å². The van der Waals surface area contributed by atoms with E-state index in [4.69, 9.17) is 4.74 Å². The first-order chi connectivity index (χ1) is 16.2. The number of aromatic amines is 1. The lowest BCUT2D eigenvalue weighted by Gasteiger charge is -2.26. The number of aromatic nitrogens is 3. The fourth-order valence-corrected chi connectivity index (χ4v) is 4.33. The van der Waals surface area contributed by atoms with E-state index in [1.807, 2.05) is 24.3 Å². The van der Waals surface area contributed by atoms with Crippen LogP contribution in [0.4, 0.5) is 13.2 Å². The van der Waals surface area contributed by atoms with Crippen molar-refractivity contribution in [1.29, 1.82) is 0 Å². The molecule has 6 nitrogen and oxygen atoms in total. The van der Waals surface area contributed by atoms with E-state index in [0.29, 0.717) is 22.4 Å². The van der Waals surface area contributed by atoms with Gasteiger partial charge < -0.3 is 14.8 Å². The summed E-state index contributed by atoms with van der Waals surface area (Å²) in [6, 6.07) is 17.0. The fraction of sp³-hybridized carbons (Fsp3) is 0.240. The van der Waals surface area contributed by atoms with E-state index in [-0.39, 0.29) is 30.3 Å². The predicted octanol–water partition coefficient (Wildman–Crippen LogP) is 5.54. The number of halogens is 3. The first-order valence-electron chi connectivity index (χ1n) is 10.7. The monoisotopic (exact) mass is 467 g/mol. The number of fused-ring (bicyclic) bond motifs is 1. The van der Waals surface area contributed by atoms with Gasteiger partial charge in [0, 0.05) is 17.3 Å². The van der Waals surface area contributed by atoms with Gasteiger partial charge in [-0.15, -0.1) is 0 Å². The summed E-state index contributed by atoms with van der Waals surface area (Å²) in [6.07, 6.45) is -3.84. The number of carbonyl (C=O) groups excluding carboxylic acids is 1. The molecule has 2 heterocycles. The number of carbonyl (C=O) groups is 1. The van der Waals surface area contributed by atoms with Crippen LogP contribution >= 0.6 is 0 Å². The Hall–Kier alpha value is -3.72. The number of imidazole rings is 1. The van der Waals surface area contributed by atoms with Crippen molar-refractivity contribution < 1.29 is 27.8 Å². The summed E-state index contributed by atoms with van der Waals surface area (Å²) in [4.78, 5) is 24.3. The second-order valence-electron chi connectivity index (χ2n) is 8.42. The number of alkyl halides is 3. The molecule has 0 unspecified atom stereocenters. The third-order valence-corrected chi connectivity index (χ3v) is 6.19. The molecular weight excluding hydrogens is 447 g/mol. The van der Waals surface area contributed by atoms with Gasteiger partial charge in [0.2, 0.25) is 11.7 Å². The maximum Gasteiger partial charge on any atom is 0.417 e. The minimum atomic E-state index is -4.69. The summed E-state index contributed by atoms with van der Waals surface area (Å²) in [7, 11) is 0. The Bertz CT molecular complexity index is 1320. The van der Waals surface area contributed by atoms with E-state index in [2.05, 4.69) is 15.0 Å². The van der Waals surface area contributed by atoms with Crippen molar-refractivity contribution in [3.63, 3.8) is 0 Å². The largest absolute Gasteiger partial charge is 0.439 e. The maximum absolute atomic E-state index is 13.2. The Balaban J connectivity index is 1.34. The van der Waals surface area contributed by atoms with Crippen LogP contribution in [0.5, 0.6) is 11.6 Å². The van der Waals surface area contributed by atoms with Crippen LogP contribution in [-0.2, 0) is 0 Å². The Morgan fingerprint density at radius 2 is 1.85 bits per heavy atom. The molecule has 4 aromatic rings. The molecular formula is C25H20F3N3O3. The standard InChI is InChI=1S/C25H20F3N3O3/c26-25(27,28)24(33)12-11-16(14-24)18-4-3-13-29-23(18)34-17-9-7-15(8-10-17)21(32)22-30-19-5-1-2-6-20(19)31-22/h1-10,13,16,33H,11-12,14H2,(H,30,31)/t16-,24-/m1/s1. The normalized spacial score (nSPS) is 20.5. The molecule has 1 aliphatic rings. The number of pyridine rings is 1. The van der Waals surface area contributed by atoms with Crippen molar-refractivity contribution >= 4 is 16.8 Å². The number of benzene rings is 2. The predicted molar refractivity (Wildman–Crippen MR) is 118 cm³/mol. The molecule has 1 aliphatic carbocycles. The lowest BCUT2D eigenvalue weighted by atomic mass is 9.95. The maximum atomic E-state index is 13.2. The average molecular weight is 467 g/mol. The Labute approximate surface area is 192 Å². The number of H-pyrrole nitrogens is 1. The highest BCUT2D eigenvalue weighted by Gasteiger charge is 2.57. The minimum Gasteiger partial charge on any atom is -0.439 e. The molecule has 5 rings (SSSR count). The second kappa shape index (κ2) is 8.25. The number of aliphatic hydroxyl groups is 1. The summed E-state index contributed by atoms with van der Waals surface area (Å²) in [5, 5.41) is 10.0. The zero-order chi connectivity index (χ0) is 23.9. The molecule has 2 N–H and O–H groups in total. The van der Waals surface area contributed by atoms with Gasteiger partial charge in [0.15, 0.2) is 11.4 Å². The molecule has 9 heteroatoms. The van der Waals surface area contributed by atoms with Gasteiger partial charge in [-0.2, -0.15) is 13.2 Å². The van der Waals surface area contributed by atoms with Crippen molar-refractivity contribution in [3.8, 4) is 11.6 Å². The van der Waals surface area contributed by atoms with Crippen LogP contribution in [0.25, 0.3) is 11.0 Å². The second-order valence-corrected chi connectivity index (χ2v) is 8.42. The van der Waals surface area contributed by atoms with Crippen molar-refractivity contribution in [3.05, 3.63) is 83.8 Å². The highest BCUT2D eigenvalue weighted by atomic mass is 19.4. The number of hydrogen-bond acceptors (Lipinski definition) is 5. The number of rotatable bonds is 5.